The lowest BCUT2D eigenvalue weighted by atomic mass is 9.95. The van der Waals surface area contributed by atoms with E-state index in [1.165, 1.54) is 0 Å². The van der Waals surface area contributed by atoms with Crippen LogP contribution in [0.5, 0.6) is 5.75 Å². The van der Waals surface area contributed by atoms with Crippen LogP contribution in [-0.4, -0.2) is 25.2 Å². The number of allylic oxidation sites excluding steroid dienone is 1. The first-order valence-electron chi connectivity index (χ1n) is 8.25. The molecule has 0 aromatic heterocycles. The van der Waals surface area contributed by atoms with Gasteiger partial charge in [-0.2, -0.15) is 0 Å². The summed E-state index contributed by atoms with van der Waals surface area (Å²) in [7, 11) is 0. The Kier molecular flexibility index (Phi) is 6.23. The van der Waals surface area contributed by atoms with Crippen LogP contribution in [0.2, 0.25) is 0 Å². The number of rotatable bonds is 7. The van der Waals surface area contributed by atoms with Crippen LogP contribution in [0.3, 0.4) is 0 Å². The molecule has 2 amide bonds. The van der Waals surface area contributed by atoms with E-state index in [-0.39, 0.29) is 12.6 Å². The van der Waals surface area contributed by atoms with Crippen LogP contribution in [-0.2, 0) is 9.53 Å². The van der Waals surface area contributed by atoms with Crippen LogP contribution < -0.4 is 15.4 Å². The van der Waals surface area contributed by atoms with Crippen molar-refractivity contribution in [1.29, 1.82) is 0 Å². The SMILES string of the molecule is CCCCOc1ccc([C@@H]2NC(=O)NC(C)=C2C(=O)OCC)cc1. The van der Waals surface area contributed by atoms with Crippen molar-refractivity contribution in [3.63, 3.8) is 0 Å². The molecule has 24 heavy (non-hydrogen) atoms. The summed E-state index contributed by atoms with van der Waals surface area (Å²) in [5.41, 5.74) is 1.72. The largest absolute Gasteiger partial charge is 0.494 e. The maximum atomic E-state index is 12.2. The normalized spacial score (nSPS) is 17.1. The van der Waals surface area contributed by atoms with Crippen LogP contribution in [0.15, 0.2) is 35.5 Å². The summed E-state index contributed by atoms with van der Waals surface area (Å²) >= 11 is 0. The van der Waals surface area contributed by atoms with E-state index in [2.05, 4.69) is 17.6 Å². The number of ether oxygens (including phenoxy) is 2. The maximum absolute atomic E-state index is 12.2. The van der Waals surface area contributed by atoms with Gasteiger partial charge in [0.1, 0.15) is 5.75 Å². The fourth-order valence-corrected chi connectivity index (χ4v) is 2.51. The summed E-state index contributed by atoms with van der Waals surface area (Å²) in [6, 6.07) is 6.51. The minimum absolute atomic E-state index is 0.278. The van der Waals surface area contributed by atoms with Gasteiger partial charge in [-0.15, -0.1) is 0 Å². The minimum atomic E-state index is -0.539. The first-order chi connectivity index (χ1) is 11.6. The van der Waals surface area contributed by atoms with E-state index in [0.29, 0.717) is 17.9 Å². The highest BCUT2D eigenvalue weighted by Crippen LogP contribution is 2.28. The zero-order chi connectivity index (χ0) is 17.5. The number of carbonyl (C=O) groups is 2. The molecule has 0 saturated heterocycles. The zero-order valence-electron chi connectivity index (χ0n) is 14.3. The van der Waals surface area contributed by atoms with E-state index in [1.807, 2.05) is 24.3 Å². The number of urea groups is 1. The third-order valence-corrected chi connectivity index (χ3v) is 3.74. The minimum Gasteiger partial charge on any atom is -0.494 e. The Morgan fingerprint density at radius 1 is 1.21 bits per heavy atom. The standard InChI is InChI=1S/C18H24N2O4/c1-4-6-11-24-14-9-7-13(8-10-14)16-15(17(21)23-5-2)12(3)19-18(22)20-16/h7-10,16H,4-6,11H2,1-3H3,(H2,19,20,22)/t16-/m0/s1. The molecule has 0 fully saturated rings. The van der Waals surface area contributed by atoms with Crippen molar-refractivity contribution in [3.8, 4) is 5.75 Å². The van der Waals surface area contributed by atoms with Crippen molar-refractivity contribution in [2.24, 2.45) is 0 Å². The van der Waals surface area contributed by atoms with Gasteiger partial charge in [0.15, 0.2) is 0 Å². The van der Waals surface area contributed by atoms with Gasteiger partial charge in [0, 0.05) is 5.70 Å². The summed E-state index contributed by atoms with van der Waals surface area (Å²) in [5.74, 6) is 0.335. The lowest BCUT2D eigenvalue weighted by Crippen LogP contribution is -2.45. The Balaban J connectivity index is 2.22. The fourth-order valence-electron chi connectivity index (χ4n) is 2.51. The van der Waals surface area contributed by atoms with Crippen molar-refractivity contribution >= 4 is 12.0 Å². The molecule has 6 nitrogen and oxygen atoms in total. The second-order valence-electron chi connectivity index (χ2n) is 5.56. The van der Waals surface area contributed by atoms with Crippen LogP contribution >= 0.6 is 0 Å². The molecule has 130 valence electrons. The quantitative estimate of drug-likeness (QED) is 0.594. The Hall–Kier alpha value is -2.50. The number of unbranched alkanes of at least 4 members (excludes halogenated alkanes) is 1. The smallest absolute Gasteiger partial charge is 0.338 e. The molecule has 1 aliphatic heterocycles. The van der Waals surface area contributed by atoms with Crippen LogP contribution in [0.1, 0.15) is 45.2 Å². The number of hydrogen-bond donors (Lipinski definition) is 2. The lowest BCUT2D eigenvalue weighted by Gasteiger charge is -2.28. The number of carbonyl (C=O) groups excluding carboxylic acids is 2. The highest BCUT2D eigenvalue weighted by molar-refractivity contribution is 5.95. The third kappa shape index (κ3) is 4.28. The second kappa shape index (κ2) is 8.38. The van der Waals surface area contributed by atoms with Gasteiger partial charge in [-0.1, -0.05) is 25.5 Å². The number of benzene rings is 1. The number of hydrogen-bond acceptors (Lipinski definition) is 4. The lowest BCUT2D eigenvalue weighted by molar-refractivity contribution is -0.139. The first-order valence-corrected chi connectivity index (χ1v) is 8.25. The van der Waals surface area contributed by atoms with Crippen molar-refractivity contribution in [1.82, 2.24) is 10.6 Å². The van der Waals surface area contributed by atoms with Crippen molar-refractivity contribution in [2.45, 2.75) is 39.7 Å². The van der Waals surface area contributed by atoms with E-state index in [1.54, 1.807) is 13.8 Å². The summed E-state index contributed by atoms with van der Waals surface area (Å²) in [5, 5.41) is 5.39. The van der Waals surface area contributed by atoms with Crippen LogP contribution in [0.4, 0.5) is 4.79 Å². The highest BCUT2D eigenvalue weighted by Gasteiger charge is 2.31. The van der Waals surface area contributed by atoms with Gasteiger partial charge < -0.3 is 20.1 Å². The highest BCUT2D eigenvalue weighted by atomic mass is 16.5. The molecular weight excluding hydrogens is 308 g/mol. The van der Waals surface area contributed by atoms with Gasteiger partial charge in [-0.3, -0.25) is 0 Å². The summed E-state index contributed by atoms with van der Waals surface area (Å²) in [6.07, 6.45) is 2.08. The fraction of sp³-hybridized carbons (Fsp3) is 0.444. The number of nitrogens with one attached hydrogen (secondary N) is 2. The Morgan fingerprint density at radius 2 is 1.92 bits per heavy atom. The van der Waals surface area contributed by atoms with Gasteiger partial charge in [-0.05, 0) is 38.0 Å². The monoisotopic (exact) mass is 332 g/mol. The molecule has 1 aromatic carbocycles. The molecule has 0 saturated carbocycles. The predicted octanol–water partition coefficient (Wildman–Crippen LogP) is 3.06. The Labute approximate surface area is 142 Å². The van der Waals surface area contributed by atoms with E-state index in [4.69, 9.17) is 9.47 Å². The zero-order valence-corrected chi connectivity index (χ0v) is 14.3. The van der Waals surface area contributed by atoms with E-state index >= 15 is 0 Å². The number of esters is 1. The predicted molar refractivity (Wildman–Crippen MR) is 90.6 cm³/mol. The molecular formula is C18H24N2O4. The maximum Gasteiger partial charge on any atom is 0.338 e. The van der Waals surface area contributed by atoms with Gasteiger partial charge in [0.25, 0.3) is 0 Å². The molecule has 1 heterocycles. The first kappa shape index (κ1) is 17.8. The molecule has 2 rings (SSSR count). The van der Waals surface area contributed by atoms with E-state index < -0.39 is 12.0 Å². The molecule has 1 aliphatic rings. The molecule has 0 unspecified atom stereocenters. The molecule has 0 aliphatic carbocycles. The molecule has 1 atom stereocenters. The summed E-state index contributed by atoms with van der Waals surface area (Å²) in [6.45, 7) is 6.51. The van der Waals surface area contributed by atoms with Crippen molar-refractivity contribution < 1.29 is 19.1 Å². The van der Waals surface area contributed by atoms with Gasteiger partial charge in [-0.25, -0.2) is 9.59 Å². The van der Waals surface area contributed by atoms with Gasteiger partial charge in [0.2, 0.25) is 0 Å². The van der Waals surface area contributed by atoms with Crippen LogP contribution in [0.25, 0.3) is 0 Å². The topological polar surface area (TPSA) is 76.7 Å². The van der Waals surface area contributed by atoms with E-state index in [0.717, 1.165) is 24.2 Å². The molecule has 2 N–H and O–H groups in total. The molecule has 0 bridgehead atoms. The van der Waals surface area contributed by atoms with Crippen molar-refractivity contribution in [2.75, 3.05) is 13.2 Å². The van der Waals surface area contributed by atoms with Gasteiger partial charge >= 0.3 is 12.0 Å². The molecule has 1 aromatic rings. The van der Waals surface area contributed by atoms with Gasteiger partial charge in [0.05, 0.1) is 24.8 Å². The van der Waals surface area contributed by atoms with E-state index in [9.17, 15) is 9.59 Å². The molecule has 0 spiro atoms. The van der Waals surface area contributed by atoms with Crippen molar-refractivity contribution in [3.05, 3.63) is 41.1 Å². The molecule has 6 heteroatoms. The summed E-state index contributed by atoms with van der Waals surface area (Å²) < 4.78 is 10.8. The number of amides is 2. The Bertz CT molecular complexity index is 622. The van der Waals surface area contributed by atoms with Crippen LogP contribution in [0, 0.1) is 0 Å². The third-order valence-electron chi connectivity index (χ3n) is 3.74. The second-order valence-corrected chi connectivity index (χ2v) is 5.56. The average Bonchev–Trinajstić information content (AvgIpc) is 2.55. The molecule has 0 radical (unpaired) electrons. The summed E-state index contributed by atoms with van der Waals surface area (Å²) in [4.78, 5) is 24.0. The average molecular weight is 332 g/mol. The Morgan fingerprint density at radius 3 is 2.54 bits per heavy atom.